The van der Waals surface area contributed by atoms with E-state index in [1.807, 2.05) is 0 Å². The molecule has 0 spiro atoms. The standard InChI is InChI=1S/C54H36N2/c1-2-18-39(19-3-1)56-50-30-13-11-26-48(50)53-43(28-15-31-51(53)56)42-21-10-12-29-49(42)55-54-46-24-8-6-22-44(46)52(45-23-7-9-25-47(45)54)38-34-32-37(33-35-38)41-27-14-17-36-16-4-5-20-40(36)41/h1-35,55H. The molecule has 2 nitrogen and oxygen atoms in total. The maximum atomic E-state index is 4.03. The summed E-state index contributed by atoms with van der Waals surface area (Å²) in [6.45, 7) is 0. The maximum absolute atomic E-state index is 4.03. The fraction of sp³-hybridized carbons (Fsp3) is 0. The molecule has 1 aromatic heterocycles. The second-order valence-electron chi connectivity index (χ2n) is 14.5. The van der Waals surface area contributed by atoms with E-state index in [1.54, 1.807) is 0 Å². The van der Waals surface area contributed by atoms with Gasteiger partial charge in [0.1, 0.15) is 0 Å². The molecule has 0 saturated carbocycles. The van der Waals surface area contributed by atoms with Crippen LogP contribution in [0, 0.1) is 0 Å². The third-order valence-corrected chi connectivity index (χ3v) is 11.4. The Labute approximate surface area is 325 Å². The van der Waals surface area contributed by atoms with E-state index in [0.717, 1.165) is 22.6 Å². The van der Waals surface area contributed by atoms with Gasteiger partial charge in [-0.05, 0) is 79.7 Å². The molecular weight excluding hydrogens is 677 g/mol. The first-order valence-electron chi connectivity index (χ1n) is 19.3. The fourth-order valence-electron chi connectivity index (χ4n) is 8.93. The zero-order valence-corrected chi connectivity index (χ0v) is 30.7. The summed E-state index contributed by atoms with van der Waals surface area (Å²) in [7, 11) is 0. The Bertz CT molecular complexity index is 3200. The summed E-state index contributed by atoms with van der Waals surface area (Å²) in [4.78, 5) is 0. The summed E-state index contributed by atoms with van der Waals surface area (Å²) < 4.78 is 2.39. The van der Waals surface area contributed by atoms with Gasteiger partial charge in [-0.1, -0.05) is 182 Å². The van der Waals surface area contributed by atoms with E-state index in [0.29, 0.717) is 0 Å². The Morgan fingerprint density at radius 3 is 1.61 bits per heavy atom. The molecule has 0 amide bonds. The highest BCUT2D eigenvalue weighted by molar-refractivity contribution is 6.22. The van der Waals surface area contributed by atoms with Crippen molar-refractivity contribution < 1.29 is 0 Å². The second-order valence-corrected chi connectivity index (χ2v) is 14.5. The summed E-state index contributed by atoms with van der Waals surface area (Å²) >= 11 is 0. The highest BCUT2D eigenvalue weighted by Gasteiger charge is 2.20. The molecule has 11 aromatic rings. The molecule has 0 aliphatic carbocycles. The van der Waals surface area contributed by atoms with Crippen LogP contribution in [0.15, 0.2) is 212 Å². The molecule has 1 heterocycles. The van der Waals surface area contributed by atoms with E-state index in [2.05, 4.69) is 222 Å². The van der Waals surface area contributed by atoms with Crippen molar-refractivity contribution in [3.8, 4) is 39.1 Å². The number of para-hydroxylation sites is 3. The number of fused-ring (bicyclic) bond motifs is 6. The fourth-order valence-corrected chi connectivity index (χ4v) is 8.93. The highest BCUT2D eigenvalue weighted by atomic mass is 15.0. The Balaban J connectivity index is 1.07. The maximum Gasteiger partial charge on any atom is 0.0547 e. The average Bonchev–Trinajstić information content (AvgIpc) is 3.61. The Morgan fingerprint density at radius 2 is 0.839 bits per heavy atom. The third kappa shape index (κ3) is 5.11. The minimum Gasteiger partial charge on any atom is -0.354 e. The first-order chi connectivity index (χ1) is 27.8. The van der Waals surface area contributed by atoms with Gasteiger partial charge in [-0.15, -0.1) is 0 Å². The molecule has 0 fully saturated rings. The SMILES string of the molecule is c1ccc(-n2c3ccccc3c3c(-c4ccccc4Nc4c5ccccc5c(-c5ccc(-c6cccc7ccccc67)cc5)c5ccccc45)cccc32)cc1. The topological polar surface area (TPSA) is 17.0 Å². The van der Waals surface area contributed by atoms with Crippen LogP contribution in [0.4, 0.5) is 11.4 Å². The number of nitrogens with zero attached hydrogens (tertiary/aromatic N) is 1. The van der Waals surface area contributed by atoms with Gasteiger partial charge in [0.15, 0.2) is 0 Å². The molecule has 1 N–H and O–H groups in total. The number of nitrogens with one attached hydrogen (secondary N) is 1. The summed E-state index contributed by atoms with van der Waals surface area (Å²) in [5.74, 6) is 0. The minimum atomic E-state index is 1.07. The van der Waals surface area contributed by atoms with E-state index >= 15 is 0 Å². The highest BCUT2D eigenvalue weighted by Crippen LogP contribution is 2.46. The molecule has 0 aliphatic heterocycles. The van der Waals surface area contributed by atoms with Crippen molar-refractivity contribution in [2.24, 2.45) is 0 Å². The number of anilines is 2. The minimum absolute atomic E-state index is 1.07. The molecule has 0 atom stereocenters. The quantitative estimate of drug-likeness (QED) is 0.170. The normalized spacial score (nSPS) is 11.6. The van der Waals surface area contributed by atoms with Crippen molar-refractivity contribution in [1.82, 2.24) is 4.57 Å². The Hall–Kier alpha value is -7.42. The first-order valence-corrected chi connectivity index (χ1v) is 19.3. The van der Waals surface area contributed by atoms with Gasteiger partial charge in [0, 0.05) is 38.5 Å². The summed E-state index contributed by atoms with van der Waals surface area (Å²) in [5, 5.41) is 13.9. The zero-order valence-electron chi connectivity index (χ0n) is 30.7. The Kier molecular flexibility index (Phi) is 7.53. The van der Waals surface area contributed by atoms with Gasteiger partial charge in [-0.25, -0.2) is 0 Å². The van der Waals surface area contributed by atoms with Crippen molar-refractivity contribution in [3.63, 3.8) is 0 Å². The van der Waals surface area contributed by atoms with Gasteiger partial charge in [0.2, 0.25) is 0 Å². The third-order valence-electron chi connectivity index (χ3n) is 11.4. The van der Waals surface area contributed by atoms with Crippen LogP contribution in [0.5, 0.6) is 0 Å². The molecule has 56 heavy (non-hydrogen) atoms. The van der Waals surface area contributed by atoms with Crippen LogP contribution in [-0.4, -0.2) is 4.57 Å². The van der Waals surface area contributed by atoms with Gasteiger partial charge in [0.05, 0.1) is 16.7 Å². The number of benzene rings is 10. The van der Waals surface area contributed by atoms with Gasteiger partial charge in [0.25, 0.3) is 0 Å². The van der Waals surface area contributed by atoms with E-state index in [4.69, 9.17) is 0 Å². The van der Waals surface area contributed by atoms with Crippen LogP contribution in [0.3, 0.4) is 0 Å². The number of rotatable bonds is 6. The molecule has 262 valence electrons. The Morgan fingerprint density at radius 1 is 0.321 bits per heavy atom. The van der Waals surface area contributed by atoms with Gasteiger partial charge >= 0.3 is 0 Å². The average molecular weight is 713 g/mol. The second kappa shape index (κ2) is 13.2. The van der Waals surface area contributed by atoms with Crippen LogP contribution in [-0.2, 0) is 0 Å². The summed E-state index contributed by atoms with van der Waals surface area (Å²) in [5.41, 5.74) is 13.0. The predicted octanol–water partition coefficient (Wildman–Crippen LogP) is 15.0. The van der Waals surface area contributed by atoms with Gasteiger partial charge in [-0.3, -0.25) is 0 Å². The number of hydrogen-bond acceptors (Lipinski definition) is 1. The monoisotopic (exact) mass is 712 g/mol. The molecule has 0 saturated heterocycles. The summed E-state index contributed by atoms with van der Waals surface area (Å²) in [6.07, 6.45) is 0. The lowest BCUT2D eigenvalue weighted by Gasteiger charge is -2.20. The van der Waals surface area contributed by atoms with Crippen LogP contribution >= 0.6 is 0 Å². The van der Waals surface area contributed by atoms with E-state index in [1.165, 1.54) is 81.9 Å². The van der Waals surface area contributed by atoms with Crippen LogP contribution in [0.25, 0.3) is 93.2 Å². The number of aromatic nitrogens is 1. The van der Waals surface area contributed by atoms with E-state index in [9.17, 15) is 0 Å². The first kappa shape index (κ1) is 32.0. The molecule has 10 aromatic carbocycles. The molecular formula is C54H36N2. The van der Waals surface area contributed by atoms with Crippen molar-refractivity contribution in [2.75, 3.05) is 5.32 Å². The molecule has 11 rings (SSSR count). The number of hydrogen-bond donors (Lipinski definition) is 1. The molecule has 0 aliphatic rings. The smallest absolute Gasteiger partial charge is 0.0547 e. The molecule has 0 unspecified atom stereocenters. The lowest BCUT2D eigenvalue weighted by molar-refractivity contribution is 1.18. The van der Waals surface area contributed by atoms with Crippen molar-refractivity contribution >= 4 is 65.5 Å². The van der Waals surface area contributed by atoms with Crippen LogP contribution in [0.2, 0.25) is 0 Å². The zero-order chi connectivity index (χ0) is 37.0. The van der Waals surface area contributed by atoms with E-state index < -0.39 is 0 Å². The molecule has 2 heteroatoms. The van der Waals surface area contributed by atoms with Gasteiger partial charge in [-0.2, -0.15) is 0 Å². The van der Waals surface area contributed by atoms with E-state index in [-0.39, 0.29) is 0 Å². The van der Waals surface area contributed by atoms with Crippen LogP contribution < -0.4 is 5.32 Å². The van der Waals surface area contributed by atoms with Gasteiger partial charge < -0.3 is 9.88 Å². The predicted molar refractivity (Wildman–Crippen MR) is 239 cm³/mol. The summed E-state index contributed by atoms with van der Waals surface area (Å²) in [6, 6.07) is 76.9. The lowest BCUT2D eigenvalue weighted by atomic mass is 9.89. The van der Waals surface area contributed by atoms with Crippen LogP contribution in [0.1, 0.15) is 0 Å². The molecule has 0 bridgehead atoms. The largest absolute Gasteiger partial charge is 0.354 e. The molecule has 0 radical (unpaired) electrons. The van der Waals surface area contributed by atoms with Crippen molar-refractivity contribution in [3.05, 3.63) is 212 Å². The lowest BCUT2D eigenvalue weighted by Crippen LogP contribution is -1.98. The van der Waals surface area contributed by atoms with Crippen molar-refractivity contribution in [2.45, 2.75) is 0 Å². The van der Waals surface area contributed by atoms with Crippen molar-refractivity contribution in [1.29, 1.82) is 0 Å².